The Kier molecular flexibility index (Phi) is 3.36. The van der Waals surface area contributed by atoms with Gasteiger partial charge in [-0.3, -0.25) is 0 Å². The van der Waals surface area contributed by atoms with Crippen LogP contribution >= 0.6 is 0 Å². The summed E-state index contributed by atoms with van der Waals surface area (Å²) in [6.45, 7) is 1.83. The first kappa shape index (κ1) is 13.3. The van der Waals surface area contributed by atoms with Gasteiger partial charge < -0.3 is 5.11 Å². The molecule has 2 atom stereocenters. The summed E-state index contributed by atoms with van der Waals surface area (Å²) in [6, 6.07) is 2.62. The molecule has 0 saturated heterocycles. The van der Waals surface area contributed by atoms with Crippen molar-refractivity contribution in [1.29, 1.82) is 0 Å². The molecule has 2 unspecified atom stereocenters. The Hall–Kier alpha value is -1.10. The third kappa shape index (κ3) is 2.66. The molecular formula is C13H14F4O. The number of halogens is 4. The topological polar surface area (TPSA) is 20.2 Å². The van der Waals surface area contributed by atoms with Gasteiger partial charge in [-0.05, 0) is 42.4 Å². The molecule has 0 radical (unpaired) electrons. The molecule has 1 aliphatic carbocycles. The Morgan fingerprint density at radius 3 is 2.33 bits per heavy atom. The van der Waals surface area contributed by atoms with E-state index in [1.54, 1.807) is 0 Å². The van der Waals surface area contributed by atoms with Crippen molar-refractivity contribution >= 4 is 0 Å². The fourth-order valence-electron chi connectivity index (χ4n) is 2.13. The van der Waals surface area contributed by atoms with Crippen molar-refractivity contribution in [3.63, 3.8) is 0 Å². The van der Waals surface area contributed by atoms with Gasteiger partial charge >= 0.3 is 6.18 Å². The van der Waals surface area contributed by atoms with Crippen LogP contribution in [0.25, 0.3) is 0 Å². The quantitative estimate of drug-likeness (QED) is 0.818. The minimum Gasteiger partial charge on any atom is -0.388 e. The van der Waals surface area contributed by atoms with Crippen LogP contribution in [0.5, 0.6) is 0 Å². The summed E-state index contributed by atoms with van der Waals surface area (Å²) in [5, 5.41) is 9.97. The van der Waals surface area contributed by atoms with E-state index in [1.165, 1.54) is 0 Å². The van der Waals surface area contributed by atoms with Gasteiger partial charge in [0.25, 0.3) is 0 Å². The summed E-state index contributed by atoms with van der Waals surface area (Å²) in [6.07, 6.45) is -3.58. The molecule has 1 aliphatic rings. The first-order chi connectivity index (χ1) is 8.30. The molecule has 0 aromatic heterocycles. The Morgan fingerprint density at radius 2 is 1.89 bits per heavy atom. The molecular weight excluding hydrogens is 248 g/mol. The van der Waals surface area contributed by atoms with E-state index < -0.39 is 23.7 Å². The van der Waals surface area contributed by atoms with Gasteiger partial charge in [0.05, 0.1) is 11.7 Å². The Balaban J connectivity index is 2.22. The van der Waals surface area contributed by atoms with E-state index in [0.29, 0.717) is 12.0 Å². The number of aliphatic hydroxyl groups is 1. The second-order valence-corrected chi connectivity index (χ2v) is 4.88. The molecule has 0 aliphatic heterocycles. The van der Waals surface area contributed by atoms with Gasteiger partial charge in [0.2, 0.25) is 0 Å². The molecule has 2 rings (SSSR count). The lowest BCUT2D eigenvalue weighted by atomic mass is 9.92. The molecule has 0 bridgehead atoms. The highest BCUT2D eigenvalue weighted by Gasteiger charge is 2.36. The first-order valence-electron chi connectivity index (χ1n) is 5.85. The zero-order valence-corrected chi connectivity index (χ0v) is 9.84. The van der Waals surface area contributed by atoms with Crippen molar-refractivity contribution in [1.82, 2.24) is 0 Å². The van der Waals surface area contributed by atoms with E-state index in [-0.39, 0.29) is 11.5 Å². The maximum absolute atomic E-state index is 13.4. The third-order valence-corrected chi connectivity index (χ3v) is 3.50. The molecule has 1 fully saturated rings. The van der Waals surface area contributed by atoms with E-state index in [2.05, 4.69) is 0 Å². The molecule has 1 N–H and O–H groups in total. The highest BCUT2D eigenvalue weighted by atomic mass is 19.4. The van der Waals surface area contributed by atoms with Crippen LogP contribution in [0.1, 0.15) is 37.0 Å². The van der Waals surface area contributed by atoms with Gasteiger partial charge in [0, 0.05) is 0 Å². The van der Waals surface area contributed by atoms with Crippen LogP contribution in [0.15, 0.2) is 18.2 Å². The lowest BCUT2D eigenvalue weighted by molar-refractivity contribution is -0.140. The molecule has 18 heavy (non-hydrogen) atoms. The van der Waals surface area contributed by atoms with Crippen LogP contribution < -0.4 is 0 Å². The van der Waals surface area contributed by atoms with Gasteiger partial charge in [-0.2, -0.15) is 13.2 Å². The van der Waals surface area contributed by atoms with Crippen molar-refractivity contribution in [3.05, 3.63) is 35.1 Å². The molecule has 1 aromatic carbocycles. The predicted octanol–water partition coefficient (Wildman–Crippen LogP) is 3.92. The normalized spacial score (nSPS) is 19.7. The lowest BCUT2D eigenvalue weighted by Crippen LogP contribution is -2.13. The molecule has 1 saturated carbocycles. The predicted molar refractivity (Wildman–Crippen MR) is 58.2 cm³/mol. The Bertz CT molecular complexity index is 437. The maximum atomic E-state index is 13.4. The molecule has 1 nitrogen and oxygen atoms in total. The Labute approximate surface area is 102 Å². The number of hydrogen-bond donors (Lipinski definition) is 1. The largest absolute Gasteiger partial charge is 0.419 e. The summed E-state index contributed by atoms with van der Waals surface area (Å²) < 4.78 is 50.5. The SMILES string of the molecule is CC(C1CC1)C(O)c1ccc(C(F)(F)F)c(F)c1. The van der Waals surface area contributed by atoms with Crippen molar-refractivity contribution in [2.45, 2.75) is 32.0 Å². The molecule has 100 valence electrons. The van der Waals surface area contributed by atoms with Gasteiger partial charge in [0.15, 0.2) is 0 Å². The fraction of sp³-hybridized carbons (Fsp3) is 0.538. The highest BCUT2D eigenvalue weighted by molar-refractivity contribution is 5.28. The van der Waals surface area contributed by atoms with Crippen molar-refractivity contribution in [2.24, 2.45) is 11.8 Å². The number of benzene rings is 1. The number of rotatable bonds is 3. The minimum atomic E-state index is -4.70. The van der Waals surface area contributed by atoms with E-state index in [0.717, 1.165) is 25.0 Å². The number of alkyl halides is 3. The van der Waals surface area contributed by atoms with E-state index in [4.69, 9.17) is 0 Å². The summed E-state index contributed by atoms with van der Waals surface area (Å²) in [5.41, 5.74) is -1.09. The second kappa shape index (κ2) is 4.53. The second-order valence-electron chi connectivity index (χ2n) is 4.88. The van der Waals surface area contributed by atoms with Crippen molar-refractivity contribution in [2.75, 3.05) is 0 Å². The minimum absolute atomic E-state index is 0.0545. The summed E-state index contributed by atoms with van der Waals surface area (Å²) >= 11 is 0. The van der Waals surface area contributed by atoms with Crippen LogP contribution in [0, 0.1) is 17.7 Å². The van der Waals surface area contributed by atoms with Gasteiger partial charge in [-0.15, -0.1) is 0 Å². The zero-order chi connectivity index (χ0) is 13.5. The lowest BCUT2D eigenvalue weighted by Gasteiger charge is -2.19. The van der Waals surface area contributed by atoms with Crippen LogP contribution in [-0.4, -0.2) is 5.11 Å². The van der Waals surface area contributed by atoms with E-state index >= 15 is 0 Å². The molecule has 1 aromatic rings. The Morgan fingerprint density at radius 1 is 1.28 bits per heavy atom. The average Bonchev–Trinajstić information content (AvgIpc) is 3.09. The van der Waals surface area contributed by atoms with Gasteiger partial charge in [-0.25, -0.2) is 4.39 Å². The van der Waals surface area contributed by atoms with E-state index in [9.17, 15) is 22.7 Å². The van der Waals surface area contributed by atoms with Crippen LogP contribution in [0.3, 0.4) is 0 Å². The van der Waals surface area contributed by atoms with Crippen LogP contribution in [0.4, 0.5) is 17.6 Å². The average molecular weight is 262 g/mol. The summed E-state index contributed by atoms with van der Waals surface area (Å²) in [4.78, 5) is 0. The van der Waals surface area contributed by atoms with Gasteiger partial charge in [0.1, 0.15) is 5.82 Å². The smallest absolute Gasteiger partial charge is 0.388 e. The first-order valence-corrected chi connectivity index (χ1v) is 5.85. The van der Waals surface area contributed by atoms with Gasteiger partial charge in [-0.1, -0.05) is 13.0 Å². The summed E-state index contributed by atoms with van der Waals surface area (Å²) in [7, 11) is 0. The number of hydrogen-bond acceptors (Lipinski definition) is 1. The monoisotopic (exact) mass is 262 g/mol. The number of aliphatic hydroxyl groups excluding tert-OH is 1. The van der Waals surface area contributed by atoms with Crippen LogP contribution in [-0.2, 0) is 6.18 Å². The van der Waals surface area contributed by atoms with Crippen molar-refractivity contribution in [3.8, 4) is 0 Å². The maximum Gasteiger partial charge on any atom is 0.419 e. The molecule has 0 spiro atoms. The molecule has 0 amide bonds. The van der Waals surface area contributed by atoms with Crippen LogP contribution in [0.2, 0.25) is 0 Å². The molecule has 5 heteroatoms. The standard InChI is InChI=1S/C13H14F4O/c1-7(8-2-3-8)12(18)9-4-5-10(11(14)6-9)13(15,16)17/h4-8,12,18H,2-3H2,1H3. The summed E-state index contributed by atoms with van der Waals surface area (Å²) in [5.74, 6) is -0.992. The fourth-order valence-corrected chi connectivity index (χ4v) is 2.13. The highest BCUT2D eigenvalue weighted by Crippen LogP contribution is 2.43. The third-order valence-electron chi connectivity index (χ3n) is 3.50. The zero-order valence-electron chi connectivity index (χ0n) is 9.84. The van der Waals surface area contributed by atoms with E-state index in [1.807, 2.05) is 6.92 Å². The molecule has 0 heterocycles. The van der Waals surface area contributed by atoms with Crippen molar-refractivity contribution < 1.29 is 22.7 Å².